The number of nitrogens with one attached hydrogen (secondary N) is 2. The van der Waals surface area contributed by atoms with Gasteiger partial charge in [-0.1, -0.05) is 77.9 Å². The second kappa shape index (κ2) is 15.6. The number of carbonyl (C=O) groups excluding carboxylic acids is 1. The van der Waals surface area contributed by atoms with E-state index < -0.39 is 29.2 Å². The molecule has 0 saturated heterocycles. The highest BCUT2D eigenvalue weighted by Gasteiger charge is 2.53. The molecule has 0 radical (unpaired) electrons. The molecule has 0 aromatic heterocycles. The lowest BCUT2D eigenvalue weighted by atomic mass is 9.83. The zero-order valence-corrected chi connectivity index (χ0v) is 25.2. The number of hydrogen-bond donors (Lipinski definition) is 3. The van der Waals surface area contributed by atoms with Crippen molar-refractivity contribution in [1.29, 1.82) is 0 Å². The van der Waals surface area contributed by atoms with Gasteiger partial charge in [0.2, 0.25) is 5.90 Å². The maximum absolute atomic E-state index is 14.3. The first-order valence-electron chi connectivity index (χ1n) is 14.9. The van der Waals surface area contributed by atoms with Crippen LogP contribution in [0.25, 0.3) is 16.5 Å². The summed E-state index contributed by atoms with van der Waals surface area (Å²) in [5, 5.41) is 12.9. The second-order valence-electron chi connectivity index (χ2n) is 10.6. The van der Waals surface area contributed by atoms with Crippen LogP contribution in [-0.2, 0) is 16.1 Å². The Balaban J connectivity index is 1.54. The van der Waals surface area contributed by atoms with Crippen LogP contribution >= 0.6 is 0 Å². The lowest BCUT2D eigenvalue weighted by molar-refractivity contribution is -0.129. The van der Waals surface area contributed by atoms with Crippen LogP contribution < -0.4 is 15.6 Å². The number of ether oxygens (including phenoxy) is 2. The van der Waals surface area contributed by atoms with E-state index in [1.54, 1.807) is 48.5 Å². The third-order valence-corrected chi connectivity index (χ3v) is 7.44. The zero-order chi connectivity index (χ0) is 33.1. The minimum Gasteiger partial charge on any atom is -0.494 e. The van der Waals surface area contributed by atoms with Crippen molar-refractivity contribution in [3.8, 4) is 5.75 Å². The van der Waals surface area contributed by atoms with Crippen molar-refractivity contribution >= 4 is 23.6 Å². The van der Waals surface area contributed by atoms with E-state index in [1.807, 2.05) is 42.5 Å². The molecule has 0 fully saturated rings. The number of halogens is 2. The maximum Gasteiger partial charge on any atom is 0.266 e. The minimum atomic E-state index is -1.63. The number of hydrazine groups is 1. The van der Waals surface area contributed by atoms with Gasteiger partial charge in [-0.2, -0.15) is 0 Å². The van der Waals surface area contributed by atoms with Crippen molar-refractivity contribution in [1.82, 2.24) is 10.9 Å². The summed E-state index contributed by atoms with van der Waals surface area (Å²) < 4.78 is 39.9. The van der Waals surface area contributed by atoms with Gasteiger partial charge in [-0.3, -0.25) is 10.2 Å². The predicted octanol–water partition coefficient (Wildman–Crippen LogP) is 6.85. The molecule has 5 rings (SSSR count). The fraction of sp³-hybridized carbons (Fsp3) is 0.200. The standard InChI is InChI=1S/C35H32F2N6O4/c36-27-16-13-26(30(37)22-27)23-39-42-34(45)35(19-6-10-24-8-2-1-3-9-24)32(29-11-4-5-12-31(29)41-43-38)47-33(40-35)25-14-17-28(18-15-25)46-21-7-20-44/h1-6,8-18,22,32,39,44H,7,19-21,23H2,(H,42,45)/b10-6+/t32-,35-/m0/s1. The van der Waals surface area contributed by atoms with Crippen molar-refractivity contribution in [3.63, 3.8) is 0 Å². The molecule has 0 aliphatic carbocycles. The third-order valence-electron chi connectivity index (χ3n) is 7.44. The highest BCUT2D eigenvalue weighted by Crippen LogP contribution is 2.45. The number of amides is 1. The Morgan fingerprint density at radius 1 is 1.06 bits per heavy atom. The van der Waals surface area contributed by atoms with Gasteiger partial charge in [0.15, 0.2) is 11.6 Å². The predicted molar refractivity (Wildman–Crippen MR) is 173 cm³/mol. The summed E-state index contributed by atoms with van der Waals surface area (Å²) in [4.78, 5) is 22.1. The van der Waals surface area contributed by atoms with Gasteiger partial charge in [0, 0.05) is 59.3 Å². The van der Waals surface area contributed by atoms with Crippen molar-refractivity contribution in [2.45, 2.75) is 31.0 Å². The van der Waals surface area contributed by atoms with Crippen LogP contribution in [0.3, 0.4) is 0 Å². The average molecular weight is 639 g/mol. The quantitative estimate of drug-likeness (QED) is 0.0456. The molecule has 1 heterocycles. The molecule has 0 bridgehead atoms. The zero-order valence-electron chi connectivity index (χ0n) is 25.2. The fourth-order valence-corrected chi connectivity index (χ4v) is 5.07. The first kappa shape index (κ1) is 32.8. The van der Waals surface area contributed by atoms with E-state index in [9.17, 15) is 19.1 Å². The van der Waals surface area contributed by atoms with Gasteiger partial charge in [-0.15, -0.1) is 0 Å². The van der Waals surface area contributed by atoms with E-state index in [4.69, 9.17) is 19.6 Å². The van der Waals surface area contributed by atoms with Gasteiger partial charge in [-0.05, 0) is 41.4 Å². The molecule has 0 spiro atoms. The van der Waals surface area contributed by atoms with E-state index >= 15 is 0 Å². The van der Waals surface area contributed by atoms with Crippen LogP contribution in [0.5, 0.6) is 5.75 Å². The molecular weight excluding hydrogens is 606 g/mol. The maximum atomic E-state index is 14.3. The molecule has 47 heavy (non-hydrogen) atoms. The molecule has 4 aromatic carbocycles. The first-order chi connectivity index (χ1) is 22.9. The van der Waals surface area contributed by atoms with Gasteiger partial charge in [0.1, 0.15) is 17.4 Å². The molecule has 4 aromatic rings. The molecule has 1 aliphatic rings. The summed E-state index contributed by atoms with van der Waals surface area (Å²) in [5.41, 5.74) is 15.4. The molecule has 1 aliphatic heterocycles. The summed E-state index contributed by atoms with van der Waals surface area (Å²) in [6.07, 6.45) is 3.16. The Hall–Kier alpha value is -5.55. The van der Waals surface area contributed by atoms with E-state index in [0.717, 1.165) is 17.7 Å². The molecule has 10 nitrogen and oxygen atoms in total. The number of nitrogens with zero attached hydrogens (tertiary/aromatic N) is 4. The normalized spacial score (nSPS) is 17.1. The molecule has 12 heteroatoms. The van der Waals surface area contributed by atoms with Crippen LogP contribution in [0.15, 0.2) is 113 Å². The number of aliphatic hydroxyl groups excluding tert-OH is 1. The number of aliphatic hydroxyl groups is 1. The van der Waals surface area contributed by atoms with Crippen molar-refractivity contribution < 1.29 is 28.2 Å². The first-order valence-corrected chi connectivity index (χ1v) is 14.9. The molecule has 3 N–H and O–H groups in total. The monoisotopic (exact) mass is 638 g/mol. The number of benzene rings is 4. The highest BCUT2D eigenvalue weighted by molar-refractivity contribution is 6.01. The Kier molecular flexibility index (Phi) is 10.9. The van der Waals surface area contributed by atoms with Crippen LogP contribution in [-0.4, -0.2) is 35.7 Å². The molecule has 1 amide bonds. The van der Waals surface area contributed by atoms with Crippen LogP contribution in [0.4, 0.5) is 14.5 Å². The number of aliphatic imine (C=N–C) groups is 1. The third kappa shape index (κ3) is 8.00. The largest absolute Gasteiger partial charge is 0.494 e. The summed E-state index contributed by atoms with van der Waals surface area (Å²) >= 11 is 0. The molecule has 0 unspecified atom stereocenters. The number of azide groups is 1. The van der Waals surface area contributed by atoms with Gasteiger partial charge in [-0.25, -0.2) is 19.2 Å². The Morgan fingerprint density at radius 3 is 2.57 bits per heavy atom. The molecule has 2 atom stereocenters. The number of hydrogen-bond acceptors (Lipinski definition) is 7. The van der Waals surface area contributed by atoms with Gasteiger partial charge in [0.05, 0.1) is 6.61 Å². The lowest BCUT2D eigenvalue weighted by Crippen LogP contribution is -2.52. The lowest BCUT2D eigenvalue weighted by Gasteiger charge is -2.30. The fourth-order valence-electron chi connectivity index (χ4n) is 5.07. The average Bonchev–Trinajstić information content (AvgIpc) is 3.47. The highest BCUT2D eigenvalue weighted by atomic mass is 19.1. The van der Waals surface area contributed by atoms with Gasteiger partial charge >= 0.3 is 0 Å². The van der Waals surface area contributed by atoms with E-state index in [1.165, 1.54) is 6.07 Å². The molecule has 0 saturated carbocycles. The Morgan fingerprint density at radius 2 is 1.83 bits per heavy atom. The van der Waals surface area contributed by atoms with Crippen molar-refractivity contribution in [2.24, 2.45) is 10.1 Å². The second-order valence-corrected chi connectivity index (χ2v) is 10.6. The molecule has 240 valence electrons. The van der Waals surface area contributed by atoms with E-state index in [-0.39, 0.29) is 36.7 Å². The van der Waals surface area contributed by atoms with Crippen LogP contribution in [0.2, 0.25) is 0 Å². The number of rotatable bonds is 14. The number of carbonyl (C=O) groups is 1. The van der Waals surface area contributed by atoms with Gasteiger partial charge < -0.3 is 14.6 Å². The summed E-state index contributed by atoms with van der Waals surface area (Å²) in [6, 6.07) is 26.4. The summed E-state index contributed by atoms with van der Waals surface area (Å²) in [7, 11) is 0. The molecular formula is C35H32F2N6O4. The Labute approximate surface area is 270 Å². The van der Waals surface area contributed by atoms with E-state index in [2.05, 4.69) is 20.9 Å². The van der Waals surface area contributed by atoms with Gasteiger partial charge in [0.25, 0.3) is 5.91 Å². The van der Waals surface area contributed by atoms with Crippen molar-refractivity contribution in [2.75, 3.05) is 13.2 Å². The van der Waals surface area contributed by atoms with Crippen LogP contribution in [0.1, 0.15) is 41.2 Å². The smallest absolute Gasteiger partial charge is 0.266 e. The topological polar surface area (TPSA) is 141 Å². The van der Waals surface area contributed by atoms with Crippen LogP contribution in [0, 0.1) is 11.6 Å². The van der Waals surface area contributed by atoms with E-state index in [0.29, 0.717) is 29.9 Å². The summed E-state index contributed by atoms with van der Waals surface area (Å²) in [5.74, 6) is -1.33. The Bertz CT molecular complexity index is 1800. The minimum absolute atomic E-state index is 0.0119. The van der Waals surface area contributed by atoms with Crippen molar-refractivity contribution in [3.05, 3.63) is 147 Å². The summed E-state index contributed by atoms with van der Waals surface area (Å²) in [6.45, 7) is 0.221. The SMILES string of the molecule is [N-]=[N+]=Nc1ccccc1[C@@H]1OC(c2ccc(OCCCO)cc2)=N[C@]1(C/C=C/c1ccccc1)C(=O)NNCc1ccc(F)cc1F.